The molecule has 0 unspecified atom stereocenters. The normalized spacial score (nSPS) is 11.6. The van der Waals surface area contributed by atoms with Crippen LogP contribution in [0.2, 0.25) is 0 Å². The Morgan fingerprint density at radius 3 is 2.52 bits per heavy atom. The molecule has 0 amide bonds. The summed E-state index contributed by atoms with van der Waals surface area (Å²) >= 11 is 1.23. The van der Waals surface area contributed by atoms with Crippen LogP contribution in [0.25, 0.3) is 11.1 Å². The zero-order valence-electron chi connectivity index (χ0n) is 11.3. The van der Waals surface area contributed by atoms with Gasteiger partial charge in [0, 0.05) is 13.0 Å². The van der Waals surface area contributed by atoms with Gasteiger partial charge < -0.3 is 11.1 Å². The molecule has 2 aromatic rings. The fraction of sp³-hybridized carbons (Fsp3) is 0.357. The van der Waals surface area contributed by atoms with Gasteiger partial charge in [-0.25, -0.2) is 0 Å². The van der Waals surface area contributed by atoms with Gasteiger partial charge in [0.05, 0.1) is 5.56 Å². The number of alkyl halides is 3. The first-order valence-electron chi connectivity index (χ1n) is 6.58. The van der Waals surface area contributed by atoms with Crippen molar-refractivity contribution in [2.75, 3.05) is 17.6 Å². The highest BCUT2D eigenvalue weighted by molar-refractivity contribution is 7.11. The number of nitrogens with one attached hydrogen (secondary N) is 1. The van der Waals surface area contributed by atoms with Crippen molar-refractivity contribution in [3.63, 3.8) is 0 Å². The predicted octanol–water partition coefficient (Wildman–Crippen LogP) is 4.54. The second-order valence-electron chi connectivity index (χ2n) is 4.64. The number of anilines is 2. The van der Waals surface area contributed by atoms with Crippen molar-refractivity contribution in [3.05, 3.63) is 30.3 Å². The van der Waals surface area contributed by atoms with E-state index in [-0.39, 0.29) is 6.42 Å². The molecule has 2 rings (SSSR count). The van der Waals surface area contributed by atoms with Crippen molar-refractivity contribution >= 4 is 22.4 Å². The first-order valence-corrected chi connectivity index (χ1v) is 7.36. The third kappa shape index (κ3) is 4.63. The number of hydrogen-bond acceptors (Lipinski definition) is 4. The van der Waals surface area contributed by atoms with Crippen LogP contribution in [0.3, 0.4) is 0 Å². The van der Waals surface area contributed by atoms with Crippen molar-refractivity contribution in [2.24, 2.45) is 0 Å². The molecule has 0 atom stereocenters. The van der Waals surface area contributed by atoms with E-state index in [1.165, 1.54) is 11.5 Å². The Labute approximate surface area is 125 Å². The van der Waals surface area contributed by atoms with Gasteiger partial charge in [-0.1, -0.05) is 30.3 Å². The van der Waals surface area contributed by atoms with Crippen molar-refractivity contribution in [1.82, 2.24) is 4.37 Å². The zero-order valence-corrected chi connectivity index (χ0v) is 12.1. The van der Waals surface area contributed by atoms with Crippen LogP contribution in [0.15, 0.2) is 30.3 Å². The van der Waals surface area contributed by atoms with E-state index in [4.69, 9.17) is 5.73 Å². The van der Waals surface area contributed by atoms with E-state index < -0.39 is 12.6 Å². The first-order chi connectivity index (χ1) is 9.97. The number of nitrogens with two attached hydrogens (primary N) is 1. The van der Waals surface area contributed by atoms with E-state index in [1.807, 2.05) is 30.3 Å². The summed E-state index contributed by atoms with van der Waals surface area (Å²) in [4.78, 5) is 0. The highest BCUT2D eigenvalue weighted by atomic mass is 32.1. The minimum atomic E-state index is -4.08. The third-order valence-electron chi connectivity index (χ3n) is 2.95. The Morgan fingerprint density at radius 1 is 1.14 bits per heavy atom. The van der Waals surface area contributed by atoms with Crippen LogP contribution >= 0.6 is 11.5 Å². The summed E-state index contributed by atoms with van der Waals surface area (Å²) in [6.45, 7) is 0.470. The molecule has 0 fully saturated rings. The lowest BCUT2D eigenvalue weighted by Gasteiger charge is -2.08. The molecule has 3 N–H and O–H groups in total. The molecule has 0 spiro atoms. The molecule has 0 bridgehead atoms. The second kappa shape index (κ2) is 6.80. The predicted molar refractivity (Wildman–Crippen MR) is 80.4 cm³/mol. The maximum absolute atomic E-state index is 12.0. The van der Waals surface area contributed by atoms with E-state index in [2.05, 4.69) is 9.69 Å². The Hall–Kier alpha value is -1.76. The number of aromatic nitrogens is 1. The van der Waals surface area contributed by atoms with Gasteiger partial charge in [-0.2, -0.15) is 17.5 Å². The van der Waals surface area contributed by atoms with E-state index in [0.717, 1.165) is 16.1 Å². The second-order valence-corrected chi connectivity index (χ2v) is 5.41. The van der Waals surface area contributed by atoms with Crippen LogP contribution in [0.4, 0.5) is 24.0 Å². The van der Waals surface area contributed by atoms with E-state index >= 15 is 0 Å². The SMILES string of the molecule is Nc1nsc(NCCCCC(F)(F)F)c1-c1ccccc1. The average Bonchev–Trinajstić information content (AvgIpc) is 2.79. The summed E-state index contributed by atoms with van der Waals surface area (Å²) in [5, 5.41) is 3.92. The molecule has 0 radical (unpaired) electrons. The summed E-state index contributed by atoms with van der Waals surface area (Å²) in [5.41, 5.74) is 7.63. The molecule has 1 aromatic heterocycles. The Kier molecular flexibility index (Phi) is 5.06. The molecular weight excluding hydrogens is 299 g/mol. The van der Waals surface area contributed by atoms with Crippen molar-refractivity contribution in [1.29, 1.82) is 0 Å². The summed E-state index contributed by atoms with van der Waals surface area (Å²) in [6.07, 6.45) is -4.26. The molecule has 114 valence electrons. The van der Waals surface area contributed by atoms with Crippen LogP contribution < -0.4 is 11.1 Å². The molecule has 21 heavy (non-hydrogen) atoms. The molecule has 3 nitrogen and oxygen atoms in total. The Balaban J connectivity index is 1.93. The van der Waals surface area contributed by atoms with E-state index in [1.54, 1.807) is 0 Å². The molecule has 0 aliphatic heterocycles. The van der Waals surface area contributed by atoms with Gasteiger partial charge >= 0.3 is 6.18 Å². The van der Waals surface area contributed by atoms with Crippen LogP contribution in [0.5, 0.6) is 0 Å². The smallest absolute Gasteiger partial charge is 0.382 e. The van der Waals surface area contributed by atoms with E-state index in [0.29, 0.717) is 18.8 Å². The number of benzene rings is 1. The molecule has 1 heterocycles. The number of hydrogen-bond donors (Lipinski definition) is 2. The molecular formula is C14H16F3N3S. The van der Waals surface area contributed by atoms with Gasteiger partial charge in [0.15, 0.2) is 0 Å². The van der Waals surface area contributed by atoms with E-state index in [9.17, 15) is 13.2 Å². The van der Waals surface area contributed by atoms with Gasteiger partial charge in [-0.3, -0.25) is 0 Å². The number of nitrogens with zero attached hydrogens (tertiary/aromatic N) is 1. The molecule has 0 saturated heterocycles. The highest BCUT2D eigenvalue weighted by Gasteiger charge is 2.25. The van der Waals surface area contributed by atoms with Crippen molar-refractivity contribution in [2.45, 2.75) is 25.4 Å². The van der Waals surface area contributed by atoms with Crippen molar-refractivity contribution in [3.8, 4) is 11.1 Å². The van der Waals surface area contributed by atoms with Crippen LogP contribution in [0, 0.1) is 0 Å². The summed E-state index contributed by atoms with van der Waals surface area (Å²) < 4.78 is 40.3. The number of unbranched alkanes of at least 4 members (excludes halogenated alkanes) is 1. The van der Waals surface area contributed by atoms with Gasteiger partial charge in [0.25, 0.3) is 0 Å². The summed E-state index contributed by atoms with van der Waals surface area (Å²) in [6, 6.07) is 9.56. The maximum atomic E-state index is 12.0. The third-order valence-corrected chi connectivity index (χ3v) is 3.77. The minimum absolute atomic E-state index is 0.117. The molecule has 1 aromatic carbocycles. The molecule has 7 heteroatoms. The lowest BCUT2D eigenvalue weighted by molar-refractivity contribution is -0.135. The molecule has 0 aliphatic carbocycles. The van der Waals surface area contributed by atoms with Gasteiger partial charge in [-0.05, 0) is 29.9 Å². The monoisotopic (exact) mass is 315 g/mol. The van der Waals surface area contributed by atoms with Gasteiger partial charge in [-0.15, -0.1) is 0 Å². The minimum Gasteiger partial charge on any atom is -0.382 e. The number of halogens is 3. The van der Waals surface area contributed by atoms with Gasteiger partial charge in [0.1, 0.15) is 10.8 Å². The standard InChI is InChI=1S/C14H16F3N3S/c15-14(16,17)8-4-5-9-19-13-11(12(18)20-21-13)10-6-2-1-3-7-10/h1-3,6-7,19H,4-5,8-9H2,(H2,18,20). The average molecular weight is 315 g/mol. The Morgan fingerprint density at radius 2 is 1.86 bits per heavy atom. The lowest BCUT2D eigenvalue weighted by Crippen LogP contribution is -2.08. The zero-order chi connectivity index (χ0) is 15.3. The highest BCUT2D eigenvalue weighted by Crippen LogP contribution is 2.36. The van der Waals surface area contributed by atoms with Crippen LogP contribution in [-0.2, 0) is 0 Å². The van der Waals surface area contributed by atoms with Crippen molar-refractivity contribution < 1.29 is 13.2 Å². The van der Waals surface area contributed by atoms with Gasteiger partial charge in [0.2, 0.25) is 0 Å². The lowest BCUT2D eigenvalue weighted by atomic mass is 10.1. The Bertz CT molecular complexity index is 567. The van der Waals surface area contributed by atoms with Crippen LogP contribution in [0.1, 0.15) is 19.3 Å². The fourth-order valence-electron chi connectivity index (χ4n) is 1.96. The largest absolute Gasteiger partial charge is 0.389 e. The molecule has 0 aliphatic rings. The summed E-state index contributed by atoms with van der Waals surface area (Å²) in [7, 11) is 0. The fourth-order valence-corrected chi connectivity index (χ4v) is 2.72. The van der Waals surface area contributed by atoms with Crippen LogP contribution in [-0.4, -0.2) is 17.1 Å². The number of rotatable bonds is 6. The quantitative estimate of drug-likeness (QED) is 0.770. The number of nitrogen functional groups attached to an aromatic ring is 1. The topological polar surface area (TPSA) is 50.9 Å². The first kappa shape index (κ1) is 15.6. The summed E-state index contributed by atoms with van der Waals surface area (Å²) in [5.74, 6) is 0.434. The maximum Gasteiger partial charge on any atom is 0.389 e. The molecule has 0 saturated carbocycles.